The van der Waals surface area contributed by atoms with Gasteiger partial charge in [0, 0.05) is 34.5 Å². The zero-order valence-corrected chi connectivity index (χ0v) is 16.4. The molecule has 0 saturated heterocycles. The molecule has 3 aromatic rings. The van der Waals surface area contributed by atoms with Gasteiger partial charge in [0.2, 0.25) is 0 Å². The quantitative estimate of drug-likeness (QED) is 0.319. The minimum absolute atomic E-state index is 0.0868. The fourth-order valence-corrected chi connectivity index (χ4v) is 2.71. The summed E-state index contributed by atoms with van der Waals surface area (Å²) in [5.41, 5.74) is 4.37. The first-order valence-electron chi connectivity index (χ1n) is 9.13. The molecule has 0 spiro atoms. The van der Waals surface area contributed by atoms with Crippen LogP contribution >= 0.6 is 0 Å². The molecule has 0 heterocycles. The molecule has 0 unspecified atom stereocenters. The van der Waals surface area contributed by atoms with Gasteiger partial charge in [0.1, 0.15) is 5.75 Å². The van der Waals surface area contributed by atoms with Crippen molar-refractivity contribution >= 4 is 29.4 Å². The van der Waals surface area contributed by atoms with Crippen LogP contribution in [0.5, 0.6) is 5.75 Å². The molecule has 0 aliphatic rings. The van der Waals surface area contributed by atoms with Gasteiger partial charge < -0.3 is 10.4 Å². The molecule has 0 aromatic heterocycles. The summed E-state index contributed by atoms with van der Waals surface area (Å²) in [6.45, 7) is 1.84. The first-order valence-corrected chi connectivity index (χ1v) is 9.13. The standard InChI is InChI=1S/C22H18N4O5/c1-14-4-2-3-5-19(14)22(29)24-17-8-6-15(7-9-17)21(28)25-23-13-16-12-18(26(30)31)10-11-20(16)27/h2-13,27H,1H3,(H,24,29)(H,25,28). The average Bonchev–Trinajstić information content (AvgIpc) is 2.75. The van der Waals surface area contributed by atoms with E-state index in [0.29, 0.717) is 11.3 Å². The molecule has 31 heavy (non-hydrogen) atoms. The summed E-state index contributed by atoms with van der Waals surface area (Å²) >= 11 is 0. The number of nitrogens with one attached hydrogen (secondary N) is 2. The Morgan fingerprint density at radius 2 is 1.74 bits per heavy atom. The van der Waals surface area contributed by atoms with Crippen LogP contribution in [0.15, 0.2) is 71.8 Å². The number of nitro groups is 1. The Hall–Kier alpha value is -4.53. The third-order valence-electron chi connectivity index (χ3n) is 4.39. The number of hydrogen-bond acceptors (Lipinski definition) is 6. The number of non-ortho nitro benzene ring substituents is 1. The van der Waals surface area contributed by atoms with Gasteiger partial charge in [-0.15, -0.1) is 0 Å². The van der Waals surface area contributed by atoms with E-state index in [0.717, 1.165) is 23.9 Å². The number of aryl methyl sites for hydroxylation is 1. The Bertz CT molecular complexity index is 1170. The molecule has 9 nitrogen and oxygen atoms in total. The van der Waals surface area contributed by atoms with E-state index < -0.39 is 10.8 Å². The highest BCUT2D eigenvalue weighted by molar-refractivity contribution is 6.05. The number of nitro benzene ring substituents is 1. The van der Waals surface area contributed by atoms with E-state index in [1.54, 1.807) is 24.3 Å². The number of amides is 2. The Morgan fingerprint density at radius 3 is 2.42 bits per heavy atom. The van der Waals surface area contributed by atoms with Crippen molar-refractivity contribution < 1.29 is 19.6 Å². The summed E-state index contributed by atoms with van der Waals surface area (Å²) in [5.74, 6) is -0.994. The van der Waals surface area contributed by atoms with Crippen LogP contribution in [0.3, 0.4) is 0 Å². The molecule has 3 N–H and O–H groups in total. The molecule has 3 aromatic carbocycles. The van der Waals surface area contributed by atoms with Gasteiger partial charge in [-0.25, -0.2) is 5.43 Å². The Morgan fingerprint density at radius 1 is 1.03 bits per heavy atom. The molecule has 0 aliphatic carbocycles. The third-order valence-corrected chi connectivity index (χ3v) is 4.39. The van der Waals surface area contributed by atoms with E-state index in [-0.39, 0.29) is 28.5 Å². The van der Waals surface area contributed by atoms with E-state index in [9.17, 15) is 24.8 Å². The summed E-state index contributed by atoms with van der Waals surface area (Å²) in [6.07, 6.45) is 1.11. The smallest absolute Gasteiger partial charge is 0.271 e. The SMILES string of the molecule is Cc1ccccc1C(=O)Nc1ccc(C(=O)NN=Cc2cc([N+](=O)[O-])ccc2O)cc1. The van der Waals surface area contributed by atoms with Gasteiger partial charge in [0.05, 0.1) is 11.1 Å². The highest BCUT2D eigenvalue weighted by atomic mass is 16.6. The van der Waals surface area contributed by atoms with Crippen LogP contribution in [-0.2, 0) is 0 Å². The maximum absolute atomic E-state index is 12.4. The molecule has 0 fully saturated rings. The van der Waals surface area contributed by atoms with Crippen molar-refractivity contribution in [1.29, 1.82) is 0 Å². The zero-order valence-electron chi connectivity index (χ0n) is 16.4. The van der Waals surface area contributed by atoms with Gasteiger partial charge >= 0.3 is 0 Å². The van der Waals surface area contributed by atoms with Crippen molar-refractivity contribution in [2.45, 2.75) is 6.92 Å². The molecule has 156 valence electrons. The lowest BCUT2D eigenvalue weighted by Gasteiger charge is -2.08. The lowest BCUT2D eigenvalue weighted by Crippen LogP contribution is -2.18. The van der Waals surface area contributed by atoms with Crippen molar-refractivity contribution in [1.82, 2.24) is 5.43 Å². The lowest BCUT2D eigenvalue weighted by atomic mass is 10.1. The van der Waals surface area contributed by atoms with Gasteiger partial charge in [-0.3, -0.25) is 19.7 Å². The van der Waals surface area contributed by atoms with Gasteiger partial charge in [-0.05, 0) is 48.9 Å². The number of rotatable bonds is 6. The summed E-state index contributed by atoms with van der Waals surface area (Å²) < 4.78 is 0. The number of benzene rings is 3. The van der Waals surface area contributed by atoms with E-state index in [1.807, 2.05) is 19.1 Å². The molecule has 3 rings (SSSR count). The molecule has 9 heteroatoms. The van der Waals surface area contributed by atoms with Crippen molar-refractivity contribution in [3.05, 3.63) is 99.1 Å². The molecule has 2 amide bonds. The minimum atomic E-state index is -0.602. The number of hydrazone groups is 1. The minimum Gasteiger partial charge on any atom is -0.507 e. The van der Waals surface area contributed by atoms with Gasteiger partial charge in [0.25, 0.3) is 17.5 Å². The van der Waals surface area contributed by atoms with Crippen molar-refractivity contribution in [3.8, 4) is 5.75 Å². The summed E-state index contributed by atoms with van der Waals surface area (Å²) in [4.78, 5) is 34.8. The highest BCUT2D eigenvalue weighted by Gasteiger charge is 2.11. The Labute approximate surface area is 177 Å². The largest absolute Gasteiger partial charge is 0.507 e. The number of hydrogen-bond donors (Lipinski definition) is 3. The highest BCUT2D eigenvalue weighted by Crippen LogP contribution is 2.21. The third kappa shape index (κ3) is 5.30. The van der Waals surface area contributed by atoms with Crippen LogP contribution in [0.25, 0.3) is 0 Å². The summed E-state index contributed by atoms with van der Waals surface area (Å²) in [7, 11) is 0. The van der Waals surface area contributed by atoms with Crippen LogP contribution in [0, 0.1) is 17.0 Å². The first-order chi connectivity index (χ1) is 14.8. The average molecular weight is 418 g/mol. The topological polar surface area (TPSA) is 134 Å². The van der Waals surface area contributed by atoms with Crippen molar-refractivity contribution in [2.24, 2.45) is 5.10 Å². The first kappa shape index (κ1) is 21.2. The number of phenols is 1. The fourth-order valence-electron chi connectivity index (χ4n) is 2.71. The van der Waals surface area contributed by atoms with Crippen LogP contribution in [-0.4, -0.2) is 28.1 Å². The maximum atomic E-state index is 12.4. The number of carbonyl (C=O) groups is 2. The Kier molecular flexibility index (Phi) is 6.36. The number of aromatic hydroxyl groups is 1. The maximum Gasteiger partial charge on any atom is 0.271 e. The van der Waals surface area contributed by atoms with Crippen LogP contribution in [0.4, 0.5) is 11.4 Å². The molecular formula is C22H18N4O5. The van der Waals surface area contributed by atoms with E-state index >= 15 is 0 Å². The van der Waals surface area contributed by atoms with Crippen LogP contribution in [0.1, 0.15) is 31.8 Å². The van der Waals surface area contributed by atoms with Gasteiger partial charge in [0.15, 0.2) is 0 Å². The second kappa shape index (κ2) is 9.31. The monoisotopic (exact) mass is 418 g/mol. The number of nitrogens with zero attached hydrogens (tertiary/aromatic N) is 2. The van der Waals surface area contributed by atoms with Crippen molar-refractivity contribution in [2.75, 3.05) is 5.32 Å². The number of anilines is 1. The predicted molar refractivity (Wildman–Crippen MR) is 115 cm³/mol. The molecule has 0 atom stereocenters. The number of phenolic OH excluding ortho intramolecular Hbond substituents is 1. The van der Waals surface area contributed by atoms with E-state index in [2.05, 4.69) is 15.8 Å². The Balaban J connectivity index is 1.62. The van der Waals surface area contributed by atoms with Crippen LogP contribution < -0.4 is 10.7 Å². The van der Waals surface area contributed by atoms with Crippen molar-refractivity contribution in [3.63, 3.8) is 0 Å². The molecular weight excluding hydrogens is 400 g/mol. The lowest BCUT2D eigenvalue weighted by molar-refractivity contribution is -0.384. The van der Waals surface area contributed by atoms with E-state index in [4.69, 9.17) is 0 Å². The number of carbonyl (C=O) groups excluding carboxylic acids is 2. The zero-order chi connectivity index (χ0) is 22.4. The van der Waals surface area contributed by atoms with Gasteiger partial charge in [-0.2, -0.15) is 5.10 Å². The molecule has 0 aliphatic heterocycles. The summed E-state index contributed by atoms with van der Waals surface area (Å²) in [6, 6.07) is 16.9. The van der Waals surface area contributed by atoms with Gasteiger partial charge in [-0.1, -0.05) is 18.2 Å². The molecule has 0 bridgehead atoms. The summed E-state index contributed by atoms with van der Waals surface area (Å²) in [5, 5.41) is 27.0. The second-order valence-electron chi connectivity index (χ2n) is 6.55. The molecule has 0 radical (unpaired) electrons. The normalized spacial score (nSPS) is 10.6. The molecule has 0 saturated carbocycles. The second-order valence-corrected chi connectivity index (χ2v) is 6.55. The van der Waals surface area contributed by atoms with E-state index in [1.165, 1.54) is 18.2 Å². The predicted octanol–water partition coefficient (Wildman–Crippen LogP) is 3.63. The fraction of sp³-hybridized carbons (Fsp3) is 0.0455. The van der Waals surface area contributed by atoms with Crippen LogP contribution in [0.2, 0.25) is 0 Å².